The van der Waals surface area contributed by atoms with Crippen LogP contribution in [0.1, 0.15) is 51.3 Å². The molecule has 0 fully saturated rings. The Labute approximate surface area is 110 Å². The average molecular weight is 247 g/mol. The van der Waals surface area contributed by atoms with Crippen LogP contribution < -0.4 is 5.32 Å². The molecule has 1 aromatic carbocycles. The van der Waals surface area contributed by atoms with Crippen LogP contribution in [0.15, 0.2) is 24.3 Å². The minimum atomic E-state index is -0.243. The van der Waals surface area contributed by atoms with Crippen LogP contribution in [0.2, 0.25) is 0 Å². The summed E-state index contributed by atoms with van der Waals surface area (Å²) in [7, 11) is 0. The van der Waals surface area contributed by atoms with Crippen molar-refractivity contribution in [3.05, 3.63) is 35.4 Å². The Morgan fingerprint density at radius 2 is 2.00 bits per heavy atom. The fraction of sp³-hybridized carbons (Fsp3) is 0.625. The lowest BCUT2D eigenvalue weighted by molar-refractivity contribution is 0.157. The maximum Gasteiger partial charge on any atom is 0.0526 e. The summed E-state index contributed by atoms with van der Waals surface area (Å²) in [5, 5.41) is 13.2. The number of fused-ring (bicyclic) bond motifs is 1. The predicted octanol–water partition coefficient (Wildman–Crippen LogP) is 3.06. The van der Waals surface area contributed by atoms with Gasteiger partial charge in [0.15, 0.2) is 0 Å². The van der Waals surface area contributed by atoms with Gasteiger partial charge < -0.3 is 10.4 Å². The lowest BCUT2D eigenvalue weighted by Gasteiger charge is -2.32. The lowest BCUT2D eigenvalue weighted by Crippen LogP contribution is -2.38. The van der Waals surface area contributed by atoms with Crippen molar-refractivity contribution in [1.29, 1.82) is 0 Å². The molecule has 0 saturated carbocycles. The molecule has 0 amide bonds. The van der Waals surface area contributed by atoms with E-state index in [4.69, 9.17) is 0 Å². The lowest BCUT2D eigenvalue weighted by atomic mass is 9.85. The maximum absolute atomic E-state index is 9.48. The van der Waals surface area contributed by atoms with Crippen LogP contribution in [0.5, 0.6) is 0 Å². The molecule has 2 nitrogen and oxygen atoms in total. The summed E-state index contributed by atoms with van der Waals surface area (Å²) in [5.74, 6) is 0. The first-order valence-corrected chi connectivity index (χ1v) is 6.92. The molecule has 0 spiro atoms. The van der Waals surface area contributed by atoms with Crippen LogP contribution in [0.3, 0.4) is 0 Å². The van der Waals surface area contributed by atoms with Crippen LogP contribution in [-0.2, 0) is 6.42 Å². The van der Waals surface area contributed by atoms with Gasteiger partial charge >= 0.3 is 0 Å². The molecule has 3 unspecified atom stereocenters. The summed E-state index contributed by atoms with van der Waals surface area (Å²) in [6.07, 6.45) is 1.68. The summed E-state index contributed by atoms with van der Waals surface area (Å²) >= 11 is 0. The molecule has 1 aromatic rings. The van der Waals surface area contributed by atoms with Crippen LogP contribution >= 0.6 is 0 Å². The first-order chi connectivity index (χ1) is 8.40. The van der Waals surface area contributed by atoms with Crippen molar-refractivity contribution in [2.45, 2.75) is 58.7 Å². The van der Waals surface area contributed by atoms with E-state index in [2.05, 4.69) is 50.4 Å². The van der Waals surface area contributed by atoms with Gasteiger partial charge in [-0.15, -0.1) is 0 Å². The molecule has 0 radical (unpaired) electrons. The zero-order valence-electron chi connectivity index (χ0n) is 11.9. The van der Waals surface area contributed by atoms with E-state index in [1.165, 1.54) is 11.1 Å². The average Bonchev–Trinajstić information content (AvgIpc) is 2.49. The van der Waals surface area contributed by atoms with E-state index in [9.17, 15) is 5.11 Å². The molecule has 2 N–H and O–H groups in total. The second kappa shape index (κ2) is 5.02. The Balaban J connectivity index is 2.16. The van der Waals surface area contributed by atoms with Crippen LogP contribution in [0.25, 0.3) is 0 Å². The van der Waals surface area contributed by atoms with Crippen LogP contribution in [0.4, 0.5) is 0 Å². The van der Waals surface area contributed by atoms with E-state index in [1.807, 2.05) is 6.92 Å². The van der Waals surface area contributed by atoms with E-state index in [-0.39, 0.29) is 11.5 Å². The van der Waals surface area contributed by atoms with Gasteiger partial charge in [0.2, 0.25) is 0 Å². The van der Waals surface area contributed by atoms with Crippen molar-refractivity contribution < 1.29 is 5.11 Å². The third-order valence-corrected chi connectivity index (χ3v) is 3.94. The van der Waals surface area contributed by atoms with E-state index >= 15 is 0 Å². The molecule has 0 bridgehead atoms. The molecule has 0 heterocycles. The largest absolute Gasteiger partial charge is 0.393 e. The van der Waals surface area contributed by atoms with Gasteiger partial charge in [-0.25, -0.2) is 0 Å². The Bertz CT molecular complexity index is 411. The normalized spacial score (nSPS) is 24.6. The highest BCUT2D eigenvalue weighted by molar-refractivity contribution is 5.37. The Hall–Kier alpha value is -0.860. The topological polar surface area (TPSA) is 32.3 Å². The molecule has 18 heavy (non-hydrogen) atoms. The van der Waals surface area contributed by atoms with Crippen LogP contribution in [-0.4, -0.2) is 17.3 Å². The zero-order valence-corrected chi connectivity index (χ0v) is 11.9. The Morgan fingerprint density at radius 1 is 1.33 bits per heavy atom. The first kappa shape index (κ1) is 13.6. The minimum Gasteiger partial charge on any atom is -0.393 e. The fourth-order valence-corrected chi connectivity index (χ4v) is 3.17. The maximum atomic E-state index is 9.48. The van der Waals surface area contributed by atoms with Gasteiger partial charge in [0.05, 0.1) is 6.10 Å². The predicted molar refractivity (Wildman–Crippen MR) is 75.6 cm³/mol. The quantitative estimate of drug-likeness (QED) is 0.857. The third kappa shape index (κ3) is 2.76. The van der Waals surface area contributed by atoms with E-state index < -0.39 is 0 Å². The molecule has 0 aromatic heterocycles. The number of nitrogens with one attached hydrogen (secondary N) is 1. The van der Waals surface area contributed by atoms with E-state index in [0.29, 0.717) is 12.1 Å². The summed E-state index contributed by atoms with van der Waals surface area (Å²) < 4.78 is 0. The molecule has 3 atom stereocenters. The van der Waals surface area contributed by atoms with Crippen molar-refractivity contribution in [1.82, 2.24) is 5.32 Å². The number of aliphatic hydroxyl groups excluding tert-OH is 1. The number of aliphatic hydroxyl groups is 1. The van der Waals surface area contributed by atoms with Gasteiger partial charge in [-0.1, -0.05) is 38.1 Å². The zero-order chi connectivity index (χ0) is 13.3. The van der Waals surface area contributed by atoms with E-state index in [1.54, 1.807) is 0 Å². The minimum absolute atomic E-state index is 0.243. The highest BCUT2D eigenvalue weighted by atomic mass is 16.3. The molecule has 1 aliphatic rings. The van der Waals surface area contributed by atoms with Gasteiger partial charge in [-0.05, 0) is 43.2 Å². The molecule has 0 aliphatic heterocycles. The standard InChI is InChI=1S/C16H25NO/c1-11(9-12(2)18)17-15-14-8-6-5-7-13(14)10-16(15,3)4/h5-8,11-12,15,17-18H,9-10H2,1-4H3. The number of hydrogen-bond donors (Lipinski definition) is 2. The van der Waals surface area contributed by atoms with E-state index in [0.717, 1.165) is 12.8 Å². The van der Waals surface area contributed by atoms with Crippen molar-refractivity contribution in [3.63, 3.8) is 0 Å². The van der Waals surface area contributed by atoms with Gasteiger partial charge in [0, 0.05) is 12.1 Å². The monoisotopic (exact) mass is 247 g/mol. The Morgan fingerprint density at radius 3 is 2.67 bits per heavy atom. The molecule has 1 aliphatic carbocycles. The van der Waals surface area contributed by atoms with Gasteiger partial charge in [-0.2, -0.15) is 0 Å². The molecular weight excluding hydrogens is 222 g/mol. The Kier molecular flexibility index (Phi) is 3.79. The highest BCUT2D eigenvalue weighted by Gasteiger charge is 2.38. The molecule has 0 saturated heterocycles. The fourth-order valence-electron chi connectivity index (χ4n) is 3.17. The summed E-state index contributed by atoms with van der Waals surface area (Å²) in [6.45, 7) is 8.65. The van der Waals surface area contributed by atoms with Crippen LogP contribution in [0, 0.1) is 5.41 Å². The molecular formula is C16H25NO. The number of rotatable bonds is 4. The van der Waals surface area contributed by atoms with Gasteiger partial charge in [0.25, 0.3) is 0 Å². The number of hydrogen-bond acceptors (Lipinski definition) is 2. The summed E-state index contributed by atoms with van der Waals surface area (Å²) in [6, 6.07) is 9.43. The third-order valence-electron chi connectivity index (χ3n) is 3.94. The highest BCUT2D eigenvalue weighted by Crippen LogP contribution is 2.45. The molecule has 2 heteroatoms. The van der Waals surface area contributed by atoms with Crippen molar-refractivity contribution in [2.75, 3.05) is 0 Å². The SMILES string of the molecule is CC(O)CC(C)NC1c2ccccc2CC1(C)C. The summed E-state index contributed by atoms with van der Waals surface area (Å²) in [5.41, 5.74) is 3.14. The van der Waals surface area contributed by atoms with Crippen molar-refractivity contribution >= 4 is 0 Å². The second-order valence-electron chi connectivity index (χ2n) is 6.45. The molecule has 100 valence electrons. The van der Waals surface area contributed by atoms with Crippen molar-refractivity contribution in [2.24, 2.45) is 5.41 Å². The van der Waals surface area contributed by atoms with Gasteiger partial charge in [0.1, 0.15) is 0 Å². The number of benzene rings is 1. The second-order valence-corrected chi connectivity index (χ2v) is 6.45. The van der Waals surface area contributed by atoms with Crippen molar-refractivity contribution in [3.8, 4) is 0 Å². The first-order valence-electron chi connectivity index (χ1n) is 6.92. The summed E-state index contributed by atoms with van der Waals surface area (Å²) in [4.78, 5) is 0. The van der Waals surface area contributed by atoms with Gasteiger partial charge in [-0.3, -0.25) is 0 Å². The smallest absolute Gasteiger partial charge is 0.0526 e. The molecule has 2 rings (SSSR count).